The van der Waals surface area contributed by atoms with Crippen LogP contribution in [-0.2, 0) is 23.0 Å². The highest BCUT2D eigenvalue weighted by atomic mass is 32.2. The number of sulfonamides is 1. The minimum Gasteiger partial charge on any atom is -0.475 e. The summed E-state index contributed by atoms with van der Waals surface area (Å²) in [5.41, 5.74) is 5.79. The Bertz CT molecular complexity index is 2150. The molecule has 4 aromatic rings. The summed E-state index contributed by atoms with van der Waals surface area (Å²) >= 11 is 0. The summed E-state index contributed by atoms with van der Waals surface area (Å²) in [6.07, 6.45) is 11.3. The summed E-state index contributed by atoms with van der Waals surface area (Å²) in [5, 5.41) is 0. The van der Waals surface area contributed by atoms with E-state index in [1.165, 1.54) is 49.8 Å². The van der Waals surface area contributed by atoms with Crippen LogP contribution in [0.5, 0.6) is 5.88 Å². The second-order valence-electron chi connectivity index (χ2n) is 17.8. The molecule has 4 heterocycles. The second kappa shape index (κ2) is 15.2. The van der Waals surface area contributed by atoms with E-state index in [0.29, 0.717) is 29.4 Å². The molecule has 11 nitrogen and oxygen atoms in total. The molecule has 1 aliphatic carbocycles. The third-order valence-electron chi connectivity index (χ3n) is 11.1. The van der Waals surface area contributed by atoms with Crippen molar-refractivity contribution in [1.82, 2.24) is 24.8 Å². The van der Waals surface area contributed by atoms with Crippen molar-refractivity contribution in [3.8, 4) is 17.1 Å². The molecular formula is C43H55N7O4S. The number of hydrogen-bond acceptors (Lipinski definition) is 9. The Morgan fingerprint density at radius 2 is 1.67 bits per heavy atom. The van der Waals surface area contributed by atoms with Gasteiger partial charge in [-0.3, -0.25) is 4.79 Å². The number of ether oxygens (including phenoxy) is 1. The smallest absolute Gasteiger partial charge is 0.264 e. The van der Waals surface area contributed by atoms with Gasteiger partial charge in [0.05, 0.1) is 41.3 Å². The predicted octanol–water partition coefficient (Wildman–Crippen LogP) is 8.16. The van der Waals surface area contributed by atoms with Crippen molar-refractivity contribution in [3.05, 3.63) is 82.9 Å². The average molecular weight is 766 g/mol. The molecule has 0 spiro atoms. The fraction of sp³-hybridized carbons (Fsp3) is 0.512. The molecule has 1 saturated carbocycles. The number of benzene rings is 2. The summed E-state index contributed by atoms with van der Waals surface area (Å²) in [6, 6.07) is 12.0. The van der Waals surface area contributed by atoms with E-state index in [0.717, 1.165) is 36.3 Å². The van der Waals surface area contributed by atoms with Gasteiger partial charge in [0, 0.05) is 29.8 Å². The molecule has 2 fully saturated rings. The number of fused-ring (bicyclic) bond motifs is 4. The van der Waals surface area contributed by atoms with Gasteiger partial charge in [-0.2, -0.15) is 4.98 Å². The van der Waals surface area contributed by atoms with Gasteiger partial charge in [-0.25, -0.2) is 28.1 Å². The Hall–Kier alpha value is -4.58. The van der Waals surface area contributed by atoms with Crippen LogP contribution in [0.25, 0.3) is 11.3 Å². The lowest BCUT2D eigenvalue weighted by Gasteiger charge is -2.47. The molecule has 3 aliphatic rings. The lowest BCUT2D eigenvalue weighted by atomic mass is 9.82. The molecule has 4 bridgehead atoms. The van der Waals surface area contributed by atoms with Crippen molar-refractivity contribution in [2.45, 2.75) is 111 Å². The van der Waals surface area contributed by atoms with Crippen LogP contribution in [0.4, 0.5) is 11.6 Å². The zero-order chi connectivity index (χ0) is 39.1. The molecule has 0 radical (unpaired) electrons. The number of nitrogens with zero attached hydrogens (tertiary/aromatic N) is 6. The Labute approximate surface area is 326 Å². The molecule has 1 saturated heterocycles. The molecule has 1 N–H and O–H groups in total. The largest absolute Gasteiger partial charge is 0.475 e. The number of hydrogen-bond donors (Lipinski definition) is 1. The molecule has 1 amide bonds. The first kappa shape index (κ1) is 38.7. The third kappa shape index (κ3) is 8.79. The molecule has 2 aromatic heterocycles. The Balaban J connectivity index is 1.31. The van der Waals surface area contributed by atoms with E-state index in [2.05, 4.69) is 74.3 Å². The van der Waals surface area contributed by atoms with Gasteiger partial charge in [0.2, 0.25) is 11.8 Å². The van der Waals surface area contributed by atoms with Crippen LogP contribution in [0.3, 0.4) is 0 Å². The van der Waals surface area contributed by atoms with E-state index in [1.807, 2.05) is 19.3 Å². The predicted molar refractivity (Wildman–Crippen MR) is 216 cm³/mol. The number of amides is 1. The molecule has 12 heteroatoms. The highest BCUT2D eigenvalue weighted by Crippen LogP contribution is 2.38. The van der Waals surface area contributed by atoms with Crippen molar-refractivity contribution >= 4 is 27.6 Å². The van der Waals surface area contributed by atoms with Crippen LogP contribution in [-0.4, -0.2) is 64.9 Å². The van der Waals surface area contributed by atoms with E-state index in [9.17, 15) is 13.2 Å². The number of anilines is 2. The number of carbonyl (C=O) groups excluding carboxylic acids is 1. The lowest BCUT2D eigenvalue weighted by Crippen LogP contribution is -2.53. The molecule has 0 unspecified atom stereocenters. The number of nitrogens with one attached hydrogen (secondary N) is 1. The Kier molecular flexibility index (Phi) is 10.7. The molecular weight excluding hydrogens is 711 g/mol. The van der Waals surface area contributed by atoms with Gasteiger partial charge in [-0.1, -0.05) is 91.0 Å². The van der Waals surface area contributed by atoms with Crippen LogP contribution < -0.4 is 14.4 Å². The lowest BCUT2D eigenvalue weighted by molar-refractivity contribution is 0.0504. The number of carbonyl (C=O) groups is 1. The zero-order valence-corrected chi connectivity index (χ0v) is 34.2. The number of aromatic nitrogens is 4. The highest BCUT2D eigenvalue weighted by molar-refractivity contribution is 7.92. The Morgan fingerprint density at radius 1 is 0.964 bits per heavy atom. The quantitative estimate of drug-likeness (QED) is 0.198. The van der Waals surface area contributed by atoms with Crippen molar-refractivity contribution in [2.24, 2.45) is 16.7 Å². The fourth-order valence-electron chi connectivity index (χ4n) is 8.43. The van der Waals surface area contributed by atoms with Crippen molar-refractivity contribution in [2.75, 3.05) is 29.3 Å². The third-order valence-corrected chi connectivity index (χ3v) is 12.4. The minimum absolute atomic E-state index is 0.0648. The summed E-state index contributed by atoms with van der Waals surface area (Å²) in [7, 11) is -4.20. The maximum atomic E-state index is 14.6. The van der Waals surface area contributed by atoms with Crippen LogP contribution in [0, 0.1) is 30.6 Å². The molecule has 1 atom stereocenters. The van der Waals surface area contributed by atoms with Gasteiger partial charge < -0.3 is 14.5 Å². The van der Waals surface area contributed by atoms with Crippen molar-refractivity contribution < 1.29 is 17.9 Å². The monoisotopic (exact) mass is 765 g/mol. The standard InChI is InChI=1S/C43H55N7O4S/c1-28-13-11-16-31(19-30-14-9-8-10-15-30)37(28)38-29(2)39-47-41(46-38)48-55(52,53)35-18-12-17-32(20-35)40(51)50(33(25-54-39)21-42(3,4)5)24-36-44-22-34(23-45-36)49-26-43(6,7)27-49/h11-13,16-18,20,22-23,30,33H,8-10,14-15,19,21,24-27H2,1-7H3,(H,46,47,48)/t33-/m1/s1. The van der Waals surface area contributed by atoms with Crippen molar-refractivity contribution in [3.63, 3.8) is 0 Å². The van der Waals surface area contributed by atoms with Gasteiger partial charge in [-0.15, -0.1) is 0 Å². The topological polar surface area (TPSA) is 131 Å². The van der Waals surface area contributed by atoms with Crippen molar-refractivity contribution in [1.29, 1.82) is 0 Å². The van der Waals surface area contributed by atoms with E-state index >= 15 is 0 Å². The average Bonchev–Trinajstić information content (AvgIpc) is 3.12. The molecule has 2 aromatic carbocycles. The summed E-state index contributed by atoms with van der Waals surface area (Å²) in [5.74, 6) is 0.919. The minimum atomic E-state index is -4.20. The van der Waals surface area contributed by atoms with Gasteiger partial charge in [0.15, 0.2) is 0 Å². The van der Waals surface area contributed by atoms with E-state index < -0.39 is 16.1 Å². The molecule has 55 heavy (non-hydrogen) atoms. The van der Waals surface area contributed by atoms with E-state index in [4.69, 9.17) is 19.7 Å². The molecule has 292 valence electrons. The Morgan fingerprint density at radius 3 is 2.36 bits per heavy atom. The first-order valence-electron chi connectivity index (χ1n) is 19.7. The fourth-order valence-corrected chi connectivity index (χ4v) is 9.42. The van der Waals surface area contributed by atoms with E-state index in [1.54, 1.807) is 17.0 Å². The summed E-state index contributed by atoms with van der Waals surface area (Å²) in [4.78, 5) is 37.5. The van der Waals surface area contributed by atoms with Gasteiger partial charge in [0.1, 0.15) is 12.4 Å². The van der Waals surface area contributed by atoms with Gasteiger partial charge >= 0.3 is 0 Å². The summed E-state index contributed by atoms with van der Waals surface area (Å²) < 4.78 is 37.3. The van der Waals surface area contributed by atoms with E-state index in [-0.39, 0.29) is 52.2 Å². The SMILES string of the molecule is Cc1cccc(CC2CCCCC2)c1-c1nc2nc(c1C)OC[C@@H](CC(C)(C)C)N(Cc1ncc(N3CC(C)(C)C3)cn1)C(=O)c1cccc(c1)S(=O)(=O)N2. The van der Waals surface area contributed by atoms with Gasteiger partial charge in [-0.05, 0) is 72.8 Å². The first-order valence-corrected chi connectivity index (χ1v) is 21.1. The zero-order valence-electron chi connectivity index (χ0n) is 33.4. The van der Waals surface area contributed by atoms with Crippen LogP contribution in [0.1, 0.15) is 106 Å². The highest BCUT2D eigenvalue weighted by Gasteiger charge is 2.35. The second-order valence-corrected chi connectivity index (χ2v) is 19.5. The van der Waals surface area contributed by atoms with Crippen LogP contribution in [0.2, 0.25) is 0 Å². The molecule has 7 rings (SSSR count). The first-order chi connectivity index (χ1) is 26.0. The van der Waals surface area contributed by atoms with Gasteiger partial charge in [0.25, 0.3) is 15.9 Å². The number of aryl methyl sites for hydroxylation is 1. The number of rotatable bonds is 7. The van der Waals surface area contributed by atoms with Crippen LogP contribution in [0.15, 0.2) is 59.8 Å². The maximum absolute atomic E-state index is 14.6. The molecule has 2 aliphatic heterocycles. The summed E-state index contributed by atoms with van der Waals surface area (Å²) in [6.45, 7) is 16.9. The maximum Gasteiger partial charge on any atom is 0.264 e. The van der Waals surface area contributed by atoms with Crippen LogP contribution >= 0.6 is 0 Å². The normalized spacial score (nSPS) is 20.0.